The average Bonchev–Trinajstić information content (AvgIpc) is 3.13. The van der Waals surface area contributed by atoms with E-state index >= 15 is 0 Å². The second-order valence-corrected chi connectivity index (χ2v) is 8.63. The predicted molar refractivity (Wildman–Crippen MR) is 120 cm³/mol. The molecule has 6 heteroatoms. The minimum Gasteiger partial charge on any atom is -0.366 e. The van der Waals surface area contributed by atoms with Crippen LogP contribution in [0.1, 0.15) is 40.1 Å². The largest absolute Gasteiger partial charge is 0.366 e. The first kappa shape index (κ1) is 21.2. The number of fused-ring (bicyclic) bond motifs is 3. The fourth-order valence-electron chi connectivity index (χ4n) is 4.36. The molecule has 0 bridgehead atoms. The number of unbranched alkanes of at least 4 members (excludes halogenated alkanes) is 1. The summed E-state index contributed by atoms with van der Waals surface area (Å²) in [6, 6.07) is 11.6. The zero-order valence-corrected chi connectivity index (χ0v) is 18.2. The molecule has 2 aliphatic heterocycles. The van der Waals surface area contributed by atoms with E-state index in [-0.39, 0.29) is 18.3 Å². The highest BCUT2D eigenvalue weighted by molar-refractivity contribution is 7.12. The molecule has 1 aromatic heterocycles. The molecule has 1 aromatic carbocycles. The van der Waals surface area contributed by atoms with Gasteiger partial charge in [0.25, 0.3) is 5.91 Å². The van der Waals surface area contributed by atoms with Crippen LogP contribution in [0.3, 0.4) is 0 Å². The van der Waals surface area contributed by atoms with Crippen molar-refractivity contribution in [1.82, 2.24) is 10.2 Å². The maximum atomic E-state index is 12.1. The molecule has 1 atom stereocenters. The van der Waals surface area contributed by atoms with Gasteiger partial charge in [0.15, 0.2) is 0 Å². The molecule has 152 valence electrons. The van der Waals surface area contributed by atoms with Crippen molar-refractivity contribution < 1.29 is 4.79 Å². The molecule has 1 unspecified atom stereocenters. The van der Waals surface area contributed by atoms with Crippen molar-refractivity contribution in [2.45, 2.75) is 38.6 Å². The number of piperazine rings is 1. The standard InChI is InChI=1S/C22H29N3OS.ClH/c1-17-10-15-27-21(17)22(26)23-11-4-5-12-24-13-14-25-19(16-24)9-8-18-6-2-3-7-20(18)25;/h2-3,6-7,10,15,19H,4-5,8-9,11-14,16H2,1H3,(H,23,26);1H. The number of nitrogens with zero attached hydrogens (tertiary/aromatic N) is 2. The van der Waals surface area contributed by atoms with Gasteiger partial charge in [0.05, 0.1) is 4.88 Å². The lowest BCUT2D eigenvalue weighted by molar-refractivity contribution is 0.0956. The zero-order valence-electron chi connectivity index (χ0n) is 16.5. The summed E-state index contributed by atoms with van der Waals surface area (Å²) in [5, 5.41) is 5.04. The third-order valence-corrected chi connectivity index (χ3v) is 6.89. The third kappa shape index (κ3) is 4.70. The Morgan fingerprint density at radius 3 is 2.89 bits per heavy atom. The van der Waals surface area contributed by atoms with Gasteiger partial charge < -0.3 is 10.2 Å². The van der Waals surface area contributed by atoms with Gasteiger partial charge >= 0.3 is 0 Å². The van der Waals surface area contributed by atoms with Crippen LogP contribution in [0.5, 0.6) is 0 Å². The van der Waals surface area contributed by atoms with Crippen LogP contribution in [0, 0.1) is 6.92 Å². The van der Waals surface area contributed by atoms with Crippen molar-refractivity contribution in [3.63, 3.8) is 0 Å². The summed E-state index contributed by atoms with van der Waals surface area (Å²) in [7, 11) is 0. The number of thiophene rings is 1. The van der Waals surface area contributed by atoms with E-state index in [0.717, 1.165) is 49.5 Å². The molecule has 28 heavy (non-hydrogen) atoms. The summed E-state index contributed by atoms with van der Waals surface area (Å²) in [6.45, 7) is 7.36. The second-order valence-electron chi connectivity index (χ2n) is 7.71. The van der Waals surface area contributed by atoms with E-state index in [1.807, 2.05) is 18.4 Å². The number of carbonyl (C=O) groups is 1. The number of para-hydroxylation sites is 1. The molecule has 0 saturated carbocycles. The molecular weight excluding hydrogens is 390 g/mol. The smallest absolute Gasteiger partial charge is 0.261 e. The minimum atomic E-state index is 0. The first-order chi connectivity index (χ1) is 13.2. The normalized spacial score (nSPS) is 18.8. The number of carbonyl (C=O) groups excluding carboxylic acids is 1. The molecule has 0 aliphatic carbocycles. The number of nitrogens with one attached hydrogen (secondary N) is 1. The van der Waals surface area contributed by atoms with Crippen LogP contribution in [0.2, 0.25) is 0 Å². The molecule has 1 amide bonds. The minimum absolute atomic E-state index is 0. The van der Waals surface area contributed by atoms with Crippen LogP contribution < -0.4 is 10.2 Å². The Balaban J connectivity index is 0.00000225. The summed E-state index contributed by atoms with van der Waals surface area (Å²) in [5.74, 6) is 0.0805. The Bertz CT molecular complexity index is 794. The molecule has 2 aliphatic rings. The summed E-state index contributed by atoms with van der Waals surface area (Å²) in [4.78, 5) is 18.2. The number of anilines is 1. The van der Waals surface area contributed by atoms with Gasteiger partial charge in [-0.15, -0.1) is 23.7 Å². The van der Waals surface area contributed by atoms with Gasteiger partial charge in [0.2, 0.25) is 0 Å². The van der Waals surface area contributed by atoms with E-state index in [2.05, 4.69) is 39.4 Å². The number of hydrogen-bond acceptors (Lipinski definition) is 4. The highest BCUT2D eigenvalue weighted by atomic mass is 35.5. The molecule has 3 heterocycles. The van der Waals surface area contributed by atoms with Crippen LogP contribution >= 0.6 is 23.7 Å². The van der Waals surface area contributed by atoms with Crippen LogP contribution in [0.15, 0.2) is 35.7 Å². The highest BCUT2D eigenvalue weighted by Gasteiger charge is 2.30. The summed E-state index contributed by atoms with van der Waals surface area (Å²) >= 11 is 1.52. The Labute approximate surface area is 178 Å². The van der Waals surface area contributed by atoms with Crippen molar-refractivity contribution in [2.75, 3.05) is 37.6 Å². The van der Waals surface area contributed by atoms with Gasteiger partial charge in [0.1, 0.15) is 0 Å². The number of aryl methyl sites for hydroxylation is 2. The first-order valence-corrected chi connectivity index (χ1v) is 11.0. The van der Waals surface area contributed by atoms with Crippen molar-refractivity contribution in [3.05, 3.63) is 51.7 Å². The van der Waals surface area contributed by atoms with Gasteiger partial charge in [-0.3, -0.25) is 9.69 Å². The lowest BCUT2D eigenvalue weighted by atomic mass is 9.94. The van der Waals surface area contributed by atoms with Crippen molar-refractivity contribution in [1.29, 1.82) is 0 Å². The Kier molecular flexibility index (Phi) is 7.38. The molecule has 0 radical (unpaired) electrons. The molecule has 1 fully saturated rings. The molecule has 0 spiro atoms. The third-order valence-electron chi connectivity index (χ3n) is 5.87. The van der Waals surface area contributed by atoms with Crippen molar-refractivity contribution in [2.24, 2.45) is 0 Å². The van der Waals surface area contributed by atoms with Gasteiger partial charge in [-0.1, -0.05) is 18.2 Å². The lowest BCUT2D eigenvalue weighted by Gasteiger charge is -2.46. The number of hydrogen-bond donors (Lipinski definition) is 1. The molecule has 2 aromatic rings. The number of benzene rings is 1. The predicted octanol–water partition coefficient (Wildman–Crippen LogP) is 4.13. The van der Waals surface area contributed by atoms with Gasteiger partial charge in [-0.2, -0.15) is 0 Å². The quantitative estimate of drug-likeness (QED) is 0.715. The Morgan fingerprint density at radius 1 is 1.21 bits per heavy atom. The molecule has 1 saturated heterocycles. The van der Waals surface area contributed by atoms with E-state index in [1.54, 1.807) is 0 Å². The zero-order chi connectivity index (χ0) is 18.6. The van der Waals surface area contributed by atoms with E-state index in [4.69, 9.17) is 0 Å². The fourth-order valence-corrected chi connectivity index (χ4v) is 5.20. The van der Waals surface area contributed by atoms with Crippen molar-refractivity contribution in [3.8, 4) is 0 Å². The SMILES string of the molecule is Cc1ccsc1C(=O)NCCCCN1CCN2c3ccccc3CCC2C1.Cl. The molecule has 1 N–H and O–H groups in total. The summed E-state index contributed by atoms with van der Waals surface area (Å²) in [6.07, 6.45) is 4.67. The van der Waals surface area contributed by atoms with E-state index in [0.29, 0.717) is 6.04 Å². The Morgan fingerprint density at radius 2 is 2.07 bits per heavy atom. The van der Waals surface area contributed by atoms with E-state index < -0.39 is 0 Å². The molecule has 4 nitrogen and oxygen atoms in total. The maximum Gasteiger partial charge on any atom is 0.261 e. The van der Waals surface area contributed by atoms with E-state index in [9.17, 15) is 4.79 Å². The summed E-state index contributed by atoms with van der Waals surface area (Å²) in [5.41, 5.74) is 4.04. The fraction of sp³-hybridized carbons (Fsp3) is 0.500. The van der Waals surface area contributed by atoms with Gasteiger partial charge in [-0.25, -0.2) is 0 Å². The van der Waals surface area contributed by atoms with Gasteiger partial charge in [-0.05, 0) is 67.8 Å². The topological polar surface area (TPSA) is 35.6 Å². The van der Waals surface area contributed by atoms with Crippen LogP contribution in [-0.2, 0) is 6.42 Å². The van der Waals surface area contributed by atoms with Crippen LogP contribution in [-0.4, -0.2) is 49.6 Å². The van der Waals surface area contributed by atoms with Crippen molar-refractivity contribution >= 4 is 35.3 Å². The van der Waals surface area contributed by atoms with Crippen LogP contribution in [0.4, 0.5) is 5.69 Å². The van der Waals surface area contributed by atoms with E-state index in [1.165, 1.54) is 42.0 Å². The highest BCUT2D eigenvalue weighted by Crippen LogP contribution is 2.32. The lowest BCUT2D eigenvalue weighted by Crippen LogP contribution is -2.55. The molecule has 4 rings (SSSR count). The van der Waals surface area contributed by atoms with Crippen LogP contribution in [0.25, 0.3) is 0 Å². The number of rotatable bonds is 6. The Hall–Kier alpha value is -1.56. The summed E-state index contributed by atoms with van der Waals surface area (Å²) < 4.78 is 0. The monoisotopic (exact) mass is 419 g/mol. The number of halogens is 1. The maximum absolute atomic E-state index is 12.1. The number of amides is 1. The van der Waals surface area contributed by atoms with Gasteiger partial charge in [0, 0.05) is 37.9 Å². The average molecular weight is 420 g/mol. The second kappa shape index (κ2) is 9.77. The first-order valence-electron chi connectivity index (χ1n) is 10.1. The molecular formula is C22H30ClN3OS.